The lowest BCUT2D eigenvalue weighted by molar-refractivity contribution is 0.256. The van der Waals surface area contributed by atoms with E-state index in [0.29, 0.717) is 31.1 Å². The van der Waals surface area contributed by atoms with E-state index in [2.05, 4.69) is 0 Å². The fourth-order valence-corrected chi connectivity index (χ4v) is 2.50. The Labute approximate surface area is 148 Å². The molecule has 3 rings (SSSR count). The zero-order valence-electron chi connectivity index (χ0n) is 14.0. The predicted molar refractivity (Wildman–Crippen MR) is 100 cm³/mol. The third-order valence-corrected chi connectivity index (χ3v) is 3.82. The number of hydrogen-bond acceptors (Lipinski definition) is 3. The molecule has 0 aromatic heterocycles. The quantitative estimate of drug-likeness (QED) is 0.588. The number of hydrogen-bond donors (Lipinski definition) is 1. The van der Waals surface area contributed by atoms with Gasteiger partial charge in [-0.1, -0.05) is 66.7 Å². The van der Waals surface area contributed by atoms with E-state index in [9.17, 15) is 0 Å². The first kappa shape index (κ1) is 16.8. The van der Waals surface area contributed by atoms with Gasteiger partial charge in [0, 0.05) is 6.42 Å². The van der Waals surface area contributed by atoms with E-state index in [1.54, 1.807) is 0 Å². The van der Waals surface area contributed by atoms with Gasteiger partial charge >= 0.3 is 0 Å². The summed E-state index contributed by atoms with van der Waals surface area (Å²) >= 11 is 0. The minimum atomic E-state index is 0.483. The van der Waals surface area contributed by atoms with Crippen molar-refractivity contribution in [2.24, 2.45) is 0 Å². The molecule has 3 aromatic rings. The molecule has 3 heteroatoms. The molecule has 0 unspecified atom stereocenters. The summed E-state index contributed by atoms with van der Waals surface area (Å²) in [7, 11) is 0. The lowest BCUT2D eigenvalue weighted by atomic mass is 10.1. The van der Waals surface area contributed by atoms with Crippen molar-refractivity contribution in [2.45, 2.75) is 19.6 Å². The second-order valence-corrected chi connectivity index (χ2v) is 5.74. The van der Waals surface area contributed by atoms with Crippen LogP contribution in [0, 0.1) is 5.41 Å². The van der Waals surface area contributed by atoms with Crippen LogP contribution in [0.4, 0.5) is 0 Å². The van der Waals surface area contributed by atoms with Crippen LogP contribution in [-0.2, 0) is 19.6 Å². The van der Waals surface area contributed by atoms with Gasteiger partial charge in [-0.15, -0.1) is 0 Å². The molecule has 0 bridgehead atoms. The minimum Gasteiger partial charge on any atom is -0.485 e. The van der Waals surface area contributed by atoms with Crippen LogP contribution in [0.1, 0.15) is 16.7 Å². The summed E-state index contributed by atoms with van der Waals surface area (Å²) in [6, 6.07) is 26.0. The molecule has 25 heavy (non-hydrogen) atoms. The van der Waals surface area contributed by atoms with E-state index in [0.717, 1.165) is 16.7 Å². The van der Waals surface area contributed by atoms with Crippen molar-refractivity contribution in [3.05, 3.63) is 95.6 Å². The Morgan fingerprint density at radius 3 is 1.76 bits per heavy atom. The van der Waals surface area contributed by atoms with Crippen LogP contribution in [0.15, 0.2) is 78.9 Å². The van der Waals surface area contributed by atoms with Crippen molar-refractivity contribution in [2.75, 3.05) is 0 Å². The van der Waals surface area contributed by atoms with E-state index in [-0.39, 0.29) is 0 Å². The molecule has 0 radical (unpaired) electrons. The van der Waals surface area contributed by atoms with Crippen LogP contribution in [0.3, 0.4) is 0 Å². The van der Waals surface area contributed by atoms with Gasteiger partial charge in [0.25, 0.3) is 0 Å². The van der Waals surface area contributed by atoms with Crippen LogP contribution in [-0.4, -0.2) is 6.21 Å². The molecule has 0 atom stereocenters. The fourth-order valence-electron chi connectivity index (χ4n) is 2.50. The number of benzene rings is 3. The first-order valence-corrected chi connectivity index (χ1v) is 8.30. The van der Waals surface area contributed by atoms with Gasteiger partial charge in [-0.2, -0.15) is 0 Å². The molecule has 1 N–H and O–H groups in total. The number of rotatable bonds is 8. The molecule has 3 aromatic carbocycles. The summed E-state index contributed by atoms with van der Waals surface area (Å²) in [6.07, 6.45) is 1.97. The molecule has 126 valence electrons. The van der Waals surface area contributed by atoms with Gasteiger partial charge < -0.3 is 14.9 Å². The van der Waals surface area contributed by atoms with E-state index >= 15 is 0 Å². The summed E-state index contributed by atoms with van der Waals surface area (Å²) in [5.74, 6) is 1.42. The zero-order valence-corrected chi connectivity index (χ0v) is 14.0. The Morgan fingerprint density at radius 2 is 1.20 bits per heavy atom. The van der Waals surface area contributed by atoms with Crippen molar-refractivity contribution in [3.63, 3.8) is 0 Å². The highest BCUT2D eigenvalue weighted by Crippen LogP contribution is 2.30. The highest BCUT2D eigenvalue weighted by atomic mass is 16.5. The maximum Gasteiger partial charge on any atom is 0.161 e. The first-order valence-electron chi connectivity index (χ1n) is 8.30. The summed E-state index contributed by atoms with van der Waals surface area (Å²) in [6.45, 7) is 0.975. The standard InChI is InChI=1S/C22H21NO2/c23-14-13-18-11-12-21(24-16-19-7-3-1-4-8-19)22(15-18)25-17-20-9-5-2-6-10-20/h1-12,14-15,23H,13,16-17H2. The topological polar surface area (TPSA) is 42.3 Å². The highest BCUT2D eigenvalue weighted by Gasteiger charge is 2.08. The molecule has 0 aliphatic carbocycles. The summed E-state index contributed by atoms with van der Waals surface area (Å²) in [4.78, 5) is 0. The largest absolute Gasteiger partial charge is 0.485 e. The summed E-state index contributed by atoms with van der Waals surface area (Å²) < 4.78 is 12.0. The smallest absolute Gasteiger partial charge is 0.161 e. The van der Waals surface area contributed by atoms with Crippen molar-refractivity contribution in [1.29, 1.82) is 5.41 Å². The maximum absolute atomic E-state index is 7.30. The van der Waals surface area contributed by atoms with E-state index in [1.165, 1.54) is 6.21 Å². The zero-order chi connectivity index (χ0) is 17.3. The Hall–Kier alpha value is -3.07. The van der Waals surface area contributed by atoms with E-state index in [4.69, 9.17) is 14.9 Å². The van der Waals surface area contributed by atoms with Gasteiger partial charge in [0.05, 0.1) is 0 Å². The third kappa shape index (κ3) is 4.95. The Balaban J connectivity index is 1.74. The van der Waals surface area contributed by atoms with Crippen molar-refractivity contribution in [1.82, 2.24) is 0 Å². The molecule has 0 aliphatic rings. The average Bonchev–Trinajstić information content (AvgIpc) is 2.67. The van der Waals surface area contributed by atoms with E-state index < -0.39 is 0 Å². The van der Waals surface area contributed by atoms with Gasteiger partial charge in [0.1, 0.15) is 13.2 Å². The molecule has 0 heterocycles. The van der Waals surface area contributed by atoms with Crippen molar-refractivity contribution in [3.8, 4) is 11.5 Å². The fraction of sp³-hybridized carbons (Fsp3) is 0.136. The van der Waals surface area contributed by atoms with Crippen LogP contribution in [0.5, 0.6) is 11.5 Å². The van der Waals surface area contributed by atoms with Gasteiger partial charge in [0.2, 0.25) is 0 Å². The van der Waals surface area contributed by atoms with Crippen LogP contribution in [0.25, 0.3) is 0 Å². The maximum atomic E-state index is 7.30. The summed E-state index contributed by atoms with van der Waals surface area (Å²) in [5.41, 5.74) is 3.25. The molecule has 0 saturated carbocycles. The number of ether oxygens (including phenoxy) is 2. The molecule has 3 nitrogen and oxygen atoms in total. The van der Waals surface area contributed by atoms with Gasteiger partial charge in [-0.05, 0) is 35.0 Å². The van der Waals surface area contributed by atoms with Gasteiger partial charge in [-0.3, -0.25) is 0 Å². The SMILES string of the molecule is N=CCc1ccc(OCc2ccccc2)c(OCc2ccccc2)c1. The van der Waals surface area contributed by atoms with Crippen LogP contribution in [0.2, 0.25) is 0 Å². The second kappa shape index (κ2) is 8.69. The lowest BCUT2D eigenvalue weighted by Gasteiger charge is -2.14. The molecular weight excluding hydrogens is 310 g/mol. The third-order valence-electron chi connectivity index (χ3n) is 3.82. The molecule has 0 fully saturated rings. The van der Waals surface area contributed by atoms with Gasteiger partial charge in [0.15, 0.2) is 11.5 Å². The lowest BCUT2D eigenvalue weighted by Crippen LogP contribution is -2.01. The van der Waals surface area contributed by atoms with Gasteiger partial charge in [-0.25, -0.2) is 0 Å². The average molecular weight is 331 g/mol. The number of nitrogens with one attached hydrogen (secondary N) is 1. The van der Waals surface area contributed by atoms with Crippen LogP contribution < -0.4 is 9.47 Å². The highest BCUT2D eigenvalue weighted by molar-refractivity contribution is 5.59. The first-order chi connectivity index (χ1) is 12.3. The minimum absolute atomic E-state index is 0.483. The molecule has 0 aliphatic heterocycles. The van der Waals surface area contributed by atoms with Crippen molar-refractivity contribution >= 4 is 6.21 Å². The molecule has 0 amide bonds. The predicted octanol–water partition coefficient (Wildman–Crippen LogP) is 5.04. The van der Waals surface area contributed by atoms with Crippen molar-refractivity contribution < 1.29 is 9.47 Å². The molecular formula is C22H21NO2. The monoisotopic (exact) mass is 331 g/mol. The normalized spacial score (nSPS) is 10.2. The Morgan fingerprint density at radius 1 is 0.640 bits per heavy atom. The van der Waals surface area contributed by atoms with E-state index in [1.807, 2.05) is 78.9 Å². The Bertz CT molecular complexity index is 801. The molecule has 0 spiro atoms. The van der Waals surface area contributed by atoms with Crippen LogP contribution >= 0.6 is 0 Å². The second-order valence-electron chi connectivity index (χ2n) is 5.74. The molecule has 0 saturated heterocycles. The summed E-state index contributed by atoms with van der Waals surface area (Å²) in [5, 5.41) is 7.30. The Kier molecular flexibility index (Phi) is 5.83.